The van der Waals surface area contributed by atoms with E-state index in [9.17, 15) is 0 Å². The van der Waals surface area contributed by atoms with Crippen LogP contribution in [0.5, 0.6) is 0 Å². The quantitative estimate of drug-likeness (QED) is 0.169. The number of hydrogen-bond acceptors (Lipinski definition) is 0. The molecule has 5 aromatic carbocycles. The second-order valence-corrected chi connectivity index (χ2v) is 12.4. The fraction of sp³-hybridized carbons (Fsp3) is 0.0625. The van der Waals surface area contributed by atoms with Gasteiger partial charge in [0, 0.05) is 17.9 Å². The molecule has 0 aromatic heterocycles. The highest BCUT2D eigenvalue weighted by Gasteiger charge is 2.11. The third-order valence-electron chi connectivity index (χ3n) is 6.18. The smallest absolute Gasteiger partial charge is 0.0187 e. The third kappa shape index (κ3) is 5.94. The van der Waals surface area contributed by atoms with Crippen molar-refractivity contribution >= 4 is 63.7 Å². The molecule has 178 valence electrons. The van der Waals surface area contributed by atoms with Gasteiger partial charge in [0.05, 0.1) is 0 Å². The Morgan fingerprint density at radius 1 is 0.389 bits per heavy atom. The maximum atomic E-state index is 3.75. The topological polar surface area (TPSA) is 0 Å². The molecule has 36 heavy (non-hydrogen) atoms. The van der Waals surface area contributed by atoms with Crippen LogP contribution in [0.4, 0.5) is 0 Å². The Morgan fingerprint density at radius 2 is 0.722 bits per heavy atom. The minimum Gasteiger partial charge on any atom is -0.0613 e. The van der Waals surface area contributed by atoms with Crippen molar-refractivity contribution in [3.05, 3.63) is 127 Å². The first-order valence-corrected chi connectivity index (χ1v) is 14.8. The molecule has 0 bridgehead atoms. The fourth-order valence-corrected chi connectivity index (χ4v) is 6.20. The Kier molecular flexibility index (Phi) is 7.97. The molecule has 0 unspecified atom stereocenters. The van der Waals surface area contributed by atoms with Gasteiger partial charge < -0.3 is 0 Å². The van der Waals surface area contributed by atoms with Crippen LogP contribution >= 0.6 is 63.7 Å². The summed E-state index contributed by atoms with van der Waals surface area (Å²) in [5, 5.41) is 0. The molecule has 0 atom stereocenters. The van der Waals surface area contributed by atoms with Crippen molar-refractivity contribution in [1.29, 1.82) is 0 Å². The van der Waals surface area contributed by atoms with E-state index in [4.69, 9.17) is 0 Å². The predicted octanol–water partition coefficient (Wildman–Crippen LogP) is 12.0. The van der Waals surface area contributed by atoms with E-state index in [2.05, 4.69) is 174 Å². The lowest BCUT2D eigenvalue weighted by molar-refractivity contribution is 1.14. The molecule has 5 rings (SSSR count). The standard InChI is InChI=1S/C32H22Br4/c1-2-20-9-23(27-12-25(16-31(35)18-27)21-5-3-7-29(33)14-21)11-24(10-20)28-13-26(17-32(36)19-28)22-6-4-8-30(34)15-22/h3-19H,2H2,1H3. The Morgan fingerprint density at radius 3 is 1.08 bits per heavy atom. The van der Waals surface area contributed by atoms with E-state index < -0.39 is 0 Å². The molecule has 0 aliphatic heterocycles. The number of hydrogen-bond donors (Lipinski definition) is 0. The summed E-state index contributed by atoms with van der Waals surface area (Å²) in [5.74, 6) is 0. The van der Waals surface area contributed by atoms with E-state index in [0.717, 1.165) is 24.3 Å². The average Bonchev–Trinajstić information content (AvgIpc) is 2.87. The Balaban J connectivity index is 1.63. The van der Waals surface area contributed by atoms with Crippen molar-refractivity contribution in [2.45, 2.75) is 13.3 Å². The molecule has 0 aliphatic rings. The highest BCUT2D eigenvalue weighted by Crippen LogP contribution is 2.36. The zero-order valence-electron chi connectivity index (χ0n) is 19.5. The van der Waals surface area contributed by atoms with Gasteiger partial charge in [0.2, 0.25) is 0 Å². The van der Waals surface area contributed by atoms with Crippen LogP contribution in [-0.2, 0) is 6.42 Å². The summed E-state index contributed by atoms with van der Waals surface area (Å²) in [6, 6.07) is 37.1. The maximum absolute atomic E-state index is 3.75. The highest BCUT2D eigenvalue weighted by atomic mass is 79.9. The van der Waals surface area contributed by atoms with Gasteiger partial charge in [-0.3, -0.25) is 0 Å². The van der Waals surface area contributed by atoms with Crippen molar-refractivity contribution in [1.82, 2.24) is 0 Å². The van der Waals surface area contributed by atoms with Crippen molar-refractivity contribution in [2.75, 3.05) is 0 Å². The summed E-state index contributed by atoms with van der Waals surface area (Å²) >= 11 is 14.7. The molecule has 0 amide bonds. The molecule has 4 heteroatoms. The number of benzene rings is 5. The second-order valence-electron chi connectivity index (χ2n) is 8.75. The number of halogens is 4. The third-order valence-corrected chi connectivity index (χ3v) is 8.08. The Labute approximate surface area is 246 Å². The molecular weight excluding hydrogens is 704 g/mol. The summed E-state index contributed by atoms with van der Waals surface area (Å²) in [6.45, 7) is 2.21. The van der Waals surface area contributed by atoms with Crippen LogP contribution in [0, 0.1) is 0 Å². The normalized spacial score (nSPS) is 11.0. The van der Waals surface area contributed by atoms with Gasteiger partial charge in [0.1, 0.15) is 0 Å². The minimum absolute atomic E-state index is 0.972. The lowest BCUT2D eigenvalue weighted by atomic mass is 9.92. The average molecular weight is 726 g/mol. The molecule has 5 aromatic rings. The summed E-state index contributed by atoms with van der Waals surface area (Å²) in [4.78, 5) is 0. The molecule has 0 saturated carbocycles. The van der Waals surface area contributed by atoms with Crippen LogP contribution in [0.1, 0.15) is 12.5 Å². The Bertz CT molecular complexity index is 1460. The van der Waals surface area contributed by atoms with E-state index in [1.54, 1.807) is 0 Å². The zero-order chi connectivity index (χ0) is 25.2. The maximum Gasteiger partial charge on any atom is 0.0187 e. The number of aryl methyl sites for hydroxylation is 1. The molecule has 0 radical (unpaired) electrons. The molecule has 0 heterocycles. The van der Waals surface area contributed by atoms with Crippen LogP contribution in [0.15, 0.2) is 121 Å². The van der Waals surface area contributed by atoms with Crippen molar-refractivity contribution in [3.8, 4) is 44.5 Å². The van der Waals surface area contributed by atoms with Crippen LogP contribution in [0.2, 0.25) is 0 Å². The number of rotatable bonds is 5. The van der Waals surface area contributed by atoms with Gasteiger partial charge >= 0.3 is 0 Å². The summed E-state index contributed by atoms with van der Waals surface area (Å²) in [5.41, 5.74) is 10.9. The monoisotopic (exact) mass is 722 g/mol. The molecule has 0 fully saturated rings. The fourth-order valence-electron chi connectivity index (χ4n) is 4.41. The van der Waals surface area contributed by atoms with Crippen molar-refractivity contribution < 1.29 is 0 Å². The first-order valence-electron chi connectivity index (χ1n) is 11.7. The highest BCUT2D eigenvalue weighted by molar-refractivity contribution is 9.11. The first-order chi connectivity index (χ1) is 17.4. The summed E-state index contributed by atoms with van der Waals surface area (Å²) in [6.07, 6.45) is 0.972. The lowest BCUT2D eigenvalue weighted by Gasteiger charge is -2.14. The predicted molar refractivity (Wildman–Crippen MR) is 168 cm³/mol. The molecule has 0 aliphatic carbocycles. The van der Waals surface area contributed by atoms with Gasteiger partial charge in [-0.1, -0.05) is 107 Å². The SMILES string of the molecule is CCc1cc(-c2cc(Br)cc(-c3cccc(Br)c3)c2)cc(-c2cc(Br)cc(-c3cccc(Br)c3)c2)c1. The molecule has 0 nitrogen and oxygen atoms in total. The van der Waals surface area contributed by atoms with Crippen LogP contribution < -0.4 is 0 Å². The van der Waals surface area contributed by atoms with Gasteiger partial charge in [-0.15, -0.1) is 0 Å². The van der Waals surface area contributed by atoms with Crippen LogP contribution in [0.25, 0.3) is 44.5 Å². The van der Waals surface area contributed by atoms with E-state index in [0.29, 0.717) is 0 Å². The van der Waals surface area contributed by atoms with Gasteiger partial charge in [-0.2, -0.15) is 0 Å². The molecule has 0 N–H and O–H groups in total. The van der Waals surface area contributed by atoms with Crippen molar-refractivity contribution in [3.63, 3.8) is 0 Å². The van der Waals surface area contributed by atoms with E-state index >= 15 is 0 Å². The molecule has 0 saturated heterocycles. The van der Waals surface area contributed by atoms with E-state index in [-0.39, 0.29) is 0 Å². The van der Waals surface area contributed by atoms with Crippen LogP contribution in [0.3, 0.4) is 0 Å². The Hall–Kier alpha value is -1.98. The van der Waals surface area contributed by atoms with Crippen molar-refractivity contribution in [2.24, 2.45) is 0 Å². The summed E-state index contributed by atoms with van der Waals surface area (Å²) in [7, 11) is 0. The first kappa shape index (κ1) is 25.7. The largest absolute Gasteiger partial charge is 0.0613 e. The van der Waals surface area contributed by atoms with Gasteiger partial charge in [0.15, 0.2) is 0 Å². The summed E-state index contributed by atoms with van der Waals surface area (Å²) < 4.78 is 4.29. The minimum atomic E-state index is 0.972. The zero-order valence-corrected chi connectivity index (χ0v) is 25.9. The van der Waals surface area contributed by atoms with Gasteiger partial charge in [-0.25, -0.2) is 0 Å². The molecular formula is C32H22Br4. The lowest BCUT2D eigenvalue weighted by Crippen LogP contribution is -1.90. The van der Waals surface area contributed by atoms with E-state index in [1.807, 2.05) is 0 Å². The second kappa shape index (κ2) is 11.2. The van der Waals surface area contributed by atoms with E-state index in [1.165, 1.54) is 50.1 Å². The van der Waals surface area contributed by atoms with Gasteiger partial charge in [0.25, 0.3) is 0 Å². The van der Waals surface area contributed by atoms with Crippen LogP contribution in [-0.4, -0.2) is 0 Å². The van der Waals surface area contributed by atoms with Gasteiger partial charge in [-0.05, 0) is 123 Å². The molecule has 0 spiro atoms.